The molecule has 4 N–H and O–H groups in total. The first-order chi connectivity index (χ1) is 10.5. The van der Waals surface area contributed by atoms with Crippen LogP contribution in [0.4, 0.5) is 11.5 Å². The molecule has 1 fully saturated rings. The number of piperidine rings is 1. The van der Waals surface area contributed by atoms with Crippen LogP contribution in [0.1, 0.15) is 19.8 Å². The van der Waals surface area contributed by atoms with Gasteiger partial charge in [-0.1, -0.05) is 17.8 Å². The van der Waals surface area contributed by atoms with E-state index in [-0.39, 0.29) is 5.54 Å². The topological polar surface area (TPSA) is 81.1 Å². The molecule has 0 saturated carbocycles. The molecule has 2 heterocycles. The molecule has 2 aromatic rings. The molecule has 0 spiro atoms. The van der Waals surface area contributed by atoms with Gasteiger partial charge in [0.2, 0.25) is 0 Å². The van der Waals surface area contributed by atoms with Crippen molar-refractivity contribution in [3.05, 3.63) is 36.7 Å². The van der Waals surface area contributed by atoms with Crippen LogP contribution in [0, 0.1) is 0 Å². The van der Waals surface area contributed by atoms with E-state index in [0.29, 0.717) is 0 Å². The summed E-state index contributed by atoms with van der Waals surface area (Å²) in [6, 6.07) is 7.77. The van der Waals surface area contributed by atoms with Gasteiger partial charge in [-0.3, -0.25) is 0 Å². The molecular weight excluding hydrogens is 294 g/mol. The van der Waals surface area contributed by atoms with Gasteiger partial charge in [0.15, 0.2) is 0 Å². The van der Waals surface area contributed by atoms with Crippen LogP contribution >= 0.6 is 11.8 Å². The zero-order valence-electron chi connectivity index (χ0n) is 12.7. The van der Waals surface area contributed by atoms with Crippen molar-refractivity contribution in [3.63, 3.8) is 0 Å². The highest BCUT2D eigenvalue weighted by Gasteiger charge is 2.26. The van der Waals surface area contributed by atoms with Crippen molar-refractivity contribution in [1.82, 2.24) is 9.97 Å². The van der Waals surface area contributed by atoms with E-state index in [1.165, 1.54) is 0 Å². The minimum atomic E-state index is -0.0486. The lowest BCUT2D eigenvalue weighted by Crippen LogP contribution is -2.48. The largest absolute Gasteiger partial charge is 0.399 e. The van der Waals surface area contributed by atoms with Gasteiger partial charge in [-0.05, 0) is 38.0 Å². The van der Waals surface area contributed by atoms with E-state index in [9.17, 15) is 0 Å². The molecule has 1 saturated heterocycles. The Morgan fingerprint density at radius 3 is 2.59 bits per heavy atom. The first-order valence-electron chi connectivity index (χ1n) is 7.41. The minimum Gasteiger partial charge on any atom is -0.399 e. The molecule has 1 aromatic carbocycles. The lowest BCUT2D eigenvalue weighted by Gasteiger charge is -2.37. The first kappa shape index (κ1) is 15.1. The molecule has 0 radical (unpaired) electrons. The van der Waals surface area contributed by atoms with Gasteiger partial charge < -0.3 is 16.4 Å². The number of benzene rings is 1. The number of rotatable bonds is 3. The zero-order chi connectivity index (χ0) is 15.6. The Bertz CT molecular complexity index is 631. The predicted molar refractivity (Wildman–Crippen MR) is 91.0 cm³/mol. The van der Waals surface area contributed by atoms with Gasteiger partial charge >= 0.3 is 0 Å². The molecule has 0 aliphatic carbocycles. The second-order valence-corrected chi connectivity index (χ2v) is 7.12. The Hall–Kier alpha value is -1.79. The van der Waals surface area contributed by atoms with Crippen LogP contribution in [0.3, 0.4) is 0 Å². The average Bonchev–Trinajstić information content (AvgIpc) is 2.48. The molecule has 5 nitrogen and oxygen atoms in total. The summed E-state index contributed by atoms with van der Waals surface area (Å²) in [6.45, 7) is 3.98. The molecule has 116 valence electrons. The van der Waals surface area contributed by atoms with Gasteiger partial charge in [0.25, 0.3) is 0 Å². The molecule has 0 atom stereocenters. The van der Waals surface area contributed by atoms with Crippen LogP contribution in [-0.2, 0) is 0 Å². The van der Waals surface area contributed by atoms with Crippen molar-refractivity contribution in [1.29, 1.82) is 0 Å². The van der Waals surface area contributed by atoms with Gasteiger partial charge in [-0.2, -0.15) is 0 Å². The van der Waals surface area contributed by atoms with Gasteiger partial charge in [0.05, 0.1) is 12.4 Å². The van der Waals surface area contributed by atoms with Gasteiger partial charge in [-0.15, -0.1) is 0 Å². The normalized spacial score (nSPS) is 17.5. The van der Waals surface area contributed by atoms with E-state index in [0.717, 1.165) is 47.4 Å². The molecule has 0 bridgehead atoms. The van der Waals surface area contributed by atoms with Crippen molar-refractivity contribution in [2.45, 2.75) is 35.2 Å². The summed E-state index contributed by atoms with van der Waals surface area (Å²) in [6.07, 6.45) is 5.62. The third-order valence-electron chi connectivity index (χ3n) is 3.92. The molecule has 22 heavy (non-hydrogen) atoms. The Balaban J connectivity index is 1.66. The van der Waals surface area contributed by atoms with E-state index in [1.807, 2.05) is 36.7 Å². The third-order valence-corrected chi connectivity index (χ3v) is 4.83. The predicted octanol–water partition coefficient (Wildman–Crippen LogP) is 2.53. The Labute approximate surface area is 135 Å². The average molecular weight is 315 g/mol. The Morgan fingerprint density at radius 1 is 1.18 bits per heavy atom. The number of aromatic nitrogens is 2. The van der Waals surface area contributed by atoms with Crippen molar-refractivity contribution < 1.29 is 0 Å². The van der Waals surface area contributed by atoms with Crippen LogP contribution in [0.15, 0.2) is 46.6 Å². The number of nitrogens with two attached hydrogens (primary N) is 2. The van der Waals surface area contributed by atoms with Crippen LogP contribution < -0.4 is 16.4 Å². The highest BCUT2D eigenvalue weighted by Crippen LogP contribution is 2.28. The van der Waals surface area contributed by atoms with Gasteiger partial charge in [-0.25, -0.2) is 9.97 Å². The Morgan fingerprint density at radius 2 is 1.95 bits per heavy atom. The van der Waals surface area contributed by atoms with Gasteiger partial charge in [0, 0.05) is 29.2 Å². The number of anilines is 2. The quantitative estimate of drug-likeness (QED) is 0.847. The molecule has 3 rings (SSSR count). The summed E-state index contributed by atoms with van der Waals surface area (Å²) in [5.74, 6) is 0.924. The summed E-state index contributed by atoms with van der Waals surface area (Å²) in [7, 11) is 0. The third kappa shape index (κ3) is 3.69. The highest BCUT2D eigenvalue weighted by molar-refractivity contribution is 7.99. The van der Waals surface area contributed by atoms with Crippen molar-refractivity contribution in [3.8, 4) is 0 Å². The number of nitrogen functional groups attached to an aromatic ring is 1. The molecule has 0 unspecified atom stereocenters. The number of nitrogens with zero attached hydrogens (tertiary/aromatic N) is 3. The first-order valence-corrected chi connectivity index (χ1v) is 8.23. The molecule has 6 heteroatoms. The molecule has 0 amide bonds. The fraction of sp³-hybridized carbons (Fsp3) is 0.375. The summed E-state index contributed by atoms with van der Waals surface area (Å²) >= 11 is 1.56. The van der Waals surface area contributed by atoms with E-state index in [4.69, 9.17) is 11.5 Å². The zero-order valence-corrected chi connectivity index (χ0v) is 13.5. The van der Waals surface area contributed by atoms with E-state index in [2.05, 4.69) is 21.8 Å². The van der Waals surface area contributed by atoms with E-state index >= 15 is 0 Å². The minimum absolute atomic E-state index is 0.0486. The lowest BCUT2D eigenvalue weighted by atomic mass is 9.91. The fourth-order valence-corrected chi connectivity index (χ4v) is 3.26. The Kier molecular flexibility index (Phi) is 4.22. The SMILES string of the molecule is CC1(N)CCN(c2cnc(Sc3cccc(N)c3)cn2)CC1. The summed E-state index contributed by atoms with van der Waals surface area (Å²) in [5.41, 5.74) is 12.7. The smallest absolute Gasteiger partial charge is 0.147 e. The molecule has 1 aromatic heterocycles. The molecular formula is C16H21N5S. The molecule has 1 aliphatic heterocycles. The van der Waals surface area contributed by atoms with E-state index in [1.54, 1.807) is 11.8 Å². The second-order valence-electron chi connectivity index (χ2n) is 6.03. The lowest BCUT2D eigenvalue weighted by molar-refractivity contribution is 0.363. The van der Waals surface area contributed by atoms with Crippen LogP contribution in [-0.4, -0.2) is 28.6 Å². The fourth-order valence-electron chi connectivity index (χ4n) is 2.47. The van der Waals surface area contributed by atoms with Crippen molar-refractivity contribution in [2.24, 2.45) is 5.73 Å². The number of hydrogen-bond donors (Lipinski definition) is 2. The maximum absolute atomic E-state index is 6.16. The monoisotopic (exact) mass is 315 g/mol. The van der Waals surface area contributed by atoms with E-state index < -0.39 is 0 Å². The summed E-state index contributed by atoms with van der Waals surface area (Å²) in [5, 5.41) is 0.870. The second kappa shape index (κ2) is 6.14. The van der Waals surface area contributed by atoms with Crippen LogP contribution in [0.5, 0.6) is 0 Å². The number of hydrogen-bond acceptors (Lipinski definition) is 6. The summed E-state index contributed by atoms with van der Waals surface area (Å²) in [4.78, 5) is 12.4. The van der Waals surface area contributed by atoms with Crippen LogP contribution in [0.25, 0.3) is 0 Å². The molecule has 1 aliphatic rings. The van der Waals surface area contributed by atoms with Gasteiger partial charge in [0.1, 0.15) is 10.8 Å². The standard InChI is InChI=1S/C16H21N5S/c1-16(18)5-7-21(8-6-16)14-10-20-15(11-19-14)22-13-4-2-3-12(17)9-13/h2-4,9-11H,5-8,17-18H2,1H3. The highest BCUT2D eigenvalue weighted by atomic mass is 32.2. The maximum atomic E-state index is 6.16. The van der Waals surface area contributed by atoms with Crippen molar-refractivity contribution in [2.75, 3.05) is 23.7 Å². The maximum Gasteiger partial charge on any atom is 0.147 e. The summed E-state index contributed by atoms with van der Waals surface area (Å²) < 4.78 is 0. The van der Waals surface area contributed by atoms with Crippen LogP contribution in [0.2, 0.25) is 0 Å². The van der Waals surface area contributed by atoms with Crippen molar-refractivity contribution >= 4 is 23.3 Å².